The fraction of sp³-hybridized carbons (Fsp3) is 0.133. The number of nitrogens with zero attached hydrogens (tertiary/aromatic N) is 1. The summed E-state index contributed by atoms with van der Waals surface area (Å²) in [6, 6.07) is 14.0. The molecule has 0 saturated carbocycles. The van der Waals surface area contributed by atoms with Crippen LogP contribution in [0.5, 0.6) is 0 Å². The molecule has 3 rings (SSSR count). The Balaban J connectivity index is 1.80. The van der Waals surface area contributed by atoms with Crippen molar-refractivity contribution in [3.63, 3.8) is 0 Å². The Morgan fingerprint density at radius 1 is 1.21 bits per heavy atom. The lowest BCUT2D eigenvalue weighted by Gasteiger charge is -1.99. The van der Waals surface area contributed by atoms with E-state index in [1.807, 2.05) is 18.2 Å². The van der Waals surface area contributed by atoms with Gasteiger partial charge in [0.1, 0.15) is 5.52 Å². The lowest BCUT2D eigenvalue weighted by atomic mass is 10.2. The number of benzene rings is 2. The molecule has 0 fully saturated rings. The smallest absolute Gasteiger partial charge is 0.205 e. The number of hydrogen-bond donors (Lipinski definition) is 1. The van der Waals surface area contributed by atoms with Gasteiger partial charge in [0.25, 0.3) is 0 Å². The maximum absolute atomic E-state index is 5.87. The number of aryl methyl sites for hydroxylation is 1. The van der Waals surface area contributed by atoms with Crippen LogP contribution in [-0.2, 0) is 5.75 Å². The van der Waals surface area contributed by atoms with Crippen LogP contribution in [0.15, 0.2) is 51.8 Å². The number of anilines is 1. The zero-order chi connectivity index (χ0) is 13.2. The van der Waals surface area contributed by atoms with E-state index >= 15 is 0 Å². The zero-order valence-corrected chi connectivity index (χ0v) is 11.4. The van der Waals surface area contributed by atoms with Crippen molar-refractivity contribution in [3.05, 3.63) is 53.9 Å². The summed E-state index contributed by atoms with van der Waals surface area (Å²) in [5.41, 5.74) is 9.29. The SMILES string of the molecule is Cc1cccc(SCc2nc3c(N)cccc3o2)c1. The highest BCUT2D eigenvalue weighted by atomic mass is 32.2. The molecule has 2 N–H and O–H groups in total. The van der Waals surface area contributed by atoms with Crippen molar-refractivity contribution in [2.24, 2.45) is 0 Å². The van der Waals surface area contributed by atoms with Crippen LogP contribution in [0.1, 0.15) is 11.5 Å². The van der Waals surface area contributed by atoms with E-state index in [0.717, 1.165) is 11.1 Å². The van der Waals surface area contributed by atoms with E-state index in [1.165, 1.54) is 10.5 Å². The number of rotatable bonds is 3. The summed E-state index contributed by atoms with van der Waals surface area (Å²) in [6.45, 7) is 2.09. The van der Waals surface area contributed by atoms with Crippen molar-refractivity contribution in [2.75, 3.05) is 5.73 Å². The third-order valence-electron chi connectivity index (χ3n) is 2.85. The molecule has 0 aliphatic carbocycles. The molecule has 3 nitrogen and oxygen atoms in total. The van der Waals surface area contributed by atoms with Gasteiger partial charge in [0.05, 0.1) is 11.4 Å². The minimum atomic E-state index is 0.660. The van der Waals surface area contributed by atoms with Crippen LogP contribution in [0.4, 0.5) is 5.69 Å². The molecule has 96 valence electrons. The lowest BCUT2D eigenvalue weighted by molar-refractivity contribution is 0.556. The molecule has 0 atom stereocenters. The highest BCUT2D eigenvalue weighted by Gasteiger charge is 2.08. The summed E-state index contributed by atoms with van der Waals surface area (Å²) in [5.74, 6) is 1.41. The van der Waals surface area contributed by atoms with Gasteiger partial charge in [0.15, 0.2) is 5.58 Å². The number of nitrogens with two attached hydrogens (primary N) is 1. The van der Waals surface area contributed by atoms with Crippen molar-refractivity contribution >= 4 is 28.5 Å². The Kier molecular flexibility index (Phi) is 3.17. The van der Waals surface area contributed by atoms with Crippen LogP contribution >= 0.6 is 11.8 Å². The third-order valence-corrected chi connectivity index (χ3v) is 3.82. The molecule has 4 heteroatoms. The number of fused-ring (bicyclic) bond motifs is 1. The van der Waals surface area contributed by atoms with Gasteiger partial charge < -0.3 is 10.2 Å². The van der Waals surface area contributed by atoms with Crippen molar-refractivity contribution < 1.29 is 4.42 Å². The van der Waals surface area contributed by atoms with E-state index < -0.39 is 0 Å². The Hall–Kier alpha value is -1.94. The van der Waals surface area contributed by atoms with Crippen LogP contribution in [0.3, 0.4) is 0 Å². The van der Waals surface area contributed by atoms with Gasteiger partial charge in [0.2, 0.25) is 5.89 Å². The fourth-order valence-corrected chi connectivity index (χ4v) is 2.79. The Labute approximate surface area is 115 Å². The van der Waals surface area contributed by atoms with Crippen molar-refractivity contribution in [2.45, 2.75) is 17.6 Å². The molecule has 0 radical (unpaired) electrons. The molecule has 19 heavy (non-hydrogen) atoms. The Morgan fingerprint density at radius 2 is 2.05 bits per heavy atom. The maximum Gasteiger partial charge on any atom is 0.205 e. The highest BCUT2D eigenvalue weighted by Crippen LogP contribution is 2.27. The van der Waals surface area contributed by atoms with Crippen LogP contribution in [0.2, 0.25) is 0 Å². The van der Waals surface area contributed by atoms with Crippen molar-refractivity contribution in [1.82, 2.24) is 4.98 Å². The fourth-order valence-electron chi connectivity index (χ4n) is 1.93. The second kappa shape index (κ2) is 4.97. The minimum absolute atomic E-state index is 0.660. The molecule has 2 aromatic carbocycles. The van der Waals surface area contributed by atoms with Gasteiger partial charge >= 0.3 is 0 Å². The van der Waals surface area contributed by atoms with Gasteiger partial charge in [-0.15, -0.1) is 11.8 Å². The number of hydrogen-bond acceptors (Lipinski definition) is 4. The number of para-hydroxylation sites is 1. The van der Waals surface area contributed by atoms with Crippen LogP contribution in [-0.4, -0.2) is 4.98 Å². The molecule has 0 unspecified atom stereocenters. The average Bonchev–Trinajstić information content (AvgIpc) is 2.81. The monoisotopic (exact) mass is 270 g/mol. The molecule has 0 spiro atoms. The predicted molar refractivity (Wildman–Crippen MR) is 79.2 cm³/mol. The summed E-state index contributed by atoms with van der Waals surface area (Å²) in [5, 5.41) is 0. The van der Waals surface area contributed by atoms with E-state index in [0.29, 0.717) is 17.3 Å². The van der Waals surface area contributed by atoms with Crippen molar-refractivity contribution in [3.8, 4) is 0 Å². The molecule has 3 aromatic rings. The van der Waals surface area contributed by atoms with Gasteiger partial charge in [-0.25, -0.2) is 4.98 Å². The molecule has 0 saturated heterocycles. The molecular weight excluding hydrogens is 256 g/mol. The third kappa shape index (κ3) is 2.58. The molecule has 0 amide bonds. The lowest BCUT2D eigenvalue weighted by Crippen LogP contribution is -1.85. The largest absolute Gasteiger partial charge is 0.440 e. The second-order valence-corrected chi connectivity index (χ2v) is 5.46. The van der Waals surface area contributed by atoms with Gasteiger partial charge in [-0.05, 0) is 31.2 Å². The van der Waals surface area contributed by atoms with E-state index in [4.69, 9.17) is 10.2 Å². The van der Waals surface area contributed by atoms with Gasteiger partial charge in [-0.2, -0.15) is 0 Å². The minimum Gasteiger partial charge on any atom is -0.440 e. The van der Waals surface area contributed by atoms with Gasteiger partial charge in [-0.1, -0.05) is 23.8 Å². The predicted octanol–water partition coefficient (Wildman–Crippen LogP) is 4.01. The van der Waals surface area contributed by atoms with Crippen molar-refractivity contribution in [1.29, 1.82) is 0 Å². The molecule has 0 aliphatic rings. The first-order valence-electron chi connectivity index (χ1n) is 6.06. The summed E-state index contributed by atoms with van der Waals surface area (Å²) < 4.78 is 5.69. The maximum atomic E-state index is 5.87. The second-order valence-electron chi connectivity index (χ2n) is 4.41. The van der Waals surface area contributed by atoms with E-state index in [1.54, 1.807) is 11.8 Å². The van der Waals surface area contributed by atoms with E-state index in [2.05, 4.69) is 36.2 Å². The molecule has 0 bridgehead atoms. The Bertz CT molecular complexity index is 721. The van der Waals surface area contributed by atoms with Crippen LogP contribution < -0.4 is 5.73 Å². The van der Waals surface area contributed by atoms with Crippen LogP contribution in [0.25, 0.3) is 11.1 Å². The molecule has 1 aromatic heterocycles. The van der Waals surface area contributed by atoms with E-state index in [-0.39, 0.29) is 0 Å². The number of nitrogen functional groups attached to an aromatic ring is 1. The summed E-state index contributed by atoms with van der Waals surface area (Å²) in [7, 11) is 0. The first-order valence-corrected chi connectivity index (χ1v) is 7.04. The molecular formula is C15H14N2OS. The first-order chi connectivity index (χ1) is 9.22. The molecule has 1 heterocycles. The zero-order valence-electron chi connectivity index (χ0n) is 10.6. The number of oxazole rings is 1. The highest BCUT2D eigenvalue weighted by molar-refractivity contribution is 7.98. The van der Waals surface area contributed by atoms with Gasteiger partial charge in [0, 0.05) is 4.90 Å². The normalized spacial score (nSPS) is 11.0. The number of aromatic nitrogens is 1. The standard InChI is InChI=1S/C15H14N2OS/c1-10-4-2-5-11(8-10)19-9-14-17-15-12(16)6-3-7-13(15)18-14/h2-8H,9,16H2,1H3. The first kappa shape index (κ1) is 12.1. The summed E-state index contributed by atoms with van der Waals surface area (Å²) in [4.78, 5) is 5.66. The Morgan fingerprint density at radius 3 is 2.84 bits per heavy atom. The quantitative estimate of drug-likeness (QED) is 0.577. The molecule has 0 aliphatic heterocycles. The number of thioether (sulfide) groups is 1. The van der Waals surface area contributed by atoms with Crippen LogP contribution in [0, 0.1) is 6.92 Å². The van der Waals surface area contributed by atoms with Gasteiger partial charge in [-0.3, -0.25) is 0 Å². The topological polar surface area (TPSA) is 52.0 Å². The average molecular weight is 270 g/mol. The summed E-state index contributed by atoms with van der Waals surface area (Å²) >= 11 is 1.71. The van der Waals surface area contributed by atoms with E-state index in [9.17, 15) is 0 Å². The summed E-state index contributed by atoms with van der Waals surface area (Å²) in [6.07, 6.45) is 0.